The van der Waals surface area contributed by atoms with Crippen LogP contribution in [0.5, 0.6) is 5.75 Å². The van der Waals surface area contributed by atoms with Crippen LogP contribution in [0.15, 0.2) is 64.0 Å². The first-order chi connectivity index (χ1) is 14.0. The molecule has 9 nitrogen and oxygen atoms in total. The van der Waals surface area contributed by atoms with Gasteiger partial charge >= 0.3 is 5.69 Å². The predicted octanol–water partition coefficient (Wildman–Crippen LogP) is 2.15. The summed E-state index contributed by atoms with van der Waals surface area (Å²) in [6.45, 7) is 0. The van der Waals surface area contributed by atoms with E-state index in [0.29, 0.717) is 5.75 Å². The Morgan fingerprint density at radius 1 is 1.07 bits per heavy atom. The van der Waals surface area contributed by atoms with Crippen molar-refractivity contribution in [3.05, 3.63) is 80.9 Å². The molecule has 0 unspecified atom stereocenters. The first-order valence-electron chi connectivity index (χ1n) is 8.52. The summed E-state index contributed by atoms with van der Waals surface area (Å²) in [5, 5.41) is 11.9. The summed E-state index contributed by atoms with van der Waals surface area (Å²) < 4.78 is 10.0. The summed E-state index contributed by atoms with van der Waals surface area (Å²) >= 11 is 3.39. The summed E-state index contributed by atoms with van der Waals surface area (Å²) in [7, 11) is 2.93. The van der Waals surface area contributed by atoms with E-state index in [9.17, 15) is 9.59 Å². The Bertz CT molecular complexity index is 1260. The van der Waals surface area contributed by atoms with Crippen LogP contribution in [0.3, 0.4) is 0 Å². The third-order valence-electron chi connectivity index (χ3n) is 4.31. The van der Waals surface area contributed by atoms with Crippen LogP contribution in [-0.2, 0) is 7.05 Å². The van der Waals surface area contributed by atoms with Crippen LogP contribution < -0.4 is 10.4 Å². The topological polar surface area (TPSA) is 96.8 Å². The number of aromatic nitrogens is 6. The van der Waals surface area contributed by atoms with Gasteiger partial charge in [-0.2, -0.15) is 14.5 Å². The third kappa shape index (κ3) is 3.38. The Morgan fingerprint density at radius 3 is 2.48 bits per heavy atom. The summed E-state index contributed by atoms with van der Waals surface area (Å²) in [6, 6.07) is 14.1. The molecule has 0 bridgehead atoms. The maximum Gasteiger partial charge on any atom is 0.368 e. The normalized spacial score (nSPS) is 10.9. The molecule has 2 aromatic heterocycles. The maximum atomic E-state index is 13.3. The molecular weight excluding hydrogens is 440 g/mol. The highest BCUT2D eigenvalue weighted by atomic mass is 79.9. The molecule has 0 aliphatic heterocycles. The maximum absolute atomic E-state index is 13.3. The standard InChI is InChI=1S/C19H15BrN6O3/c1-24-19(28)26(23-22-24)15-4-3-5-16(29-2)17(15)18(27)14-10-11-25(21-14)13-8-6-12(20)7-9-13/h3-11H,1-2H3. The molecule has 0 spiro atoms. The summed E-state index contributed by atoms with van der Waals surface area (Å²) in [5.74, 6) is -0.0888. The monoisotopic (exact) mass is 454 g/mol. The molecule has 10 heteroatoms. The summed E-state index contributed by atoms with van der Waals surface area (Å²) in [4.78, 5) is 25.6. The molecule has 0 atom stereocenters. The van der Waals surface area contributed by atoms with Crippen molar-refractivity contribution in [1.82, 2.24) is 29.6 Å². The average molecular weight is 455 g/mol. The van der Waals surface area contributed by atoms with Gasteiger partial charge < -0.3 is 4.74 Å². The van der Waals surface area contributed by atoms with E-state index in [4.69, 9.17) is 4.74 Å². The molecule has 0 aliphatic carbocycles. The number of tetrazole rings is 1. The zero-order valence-corrected chi connectivity index (χ0v) is 17.1. The molecule has 0 saturated carbocycles. The van der Waals surface area contributed by atoms with Crippen molar-refractivity contribution in [2.45, 2.75) is 0 Å². The van der Waals surface area contributed by atoms with Gasteiger partial charge in [-0.15, -0.1) is 0 Å². The zero-order chi connectivity index (χ0) is 20.5. The van der Waals surface area contributed by atoms with Crippen molar-refractivity contribution < 1.29 is 9.53 Å². The number of rotatable bonds is 5. The highest BCUT2D eigenvalue weighted by Gasteiger charge is 2.24. The molecule has 2 heterocycles. The van der Waals surface area contributed by atoms with E-state index in [1.807, 2.05) is 24.3 Å². The van der Waals surface area contributed by atoms with E-state index in [-0.39, 0.29) is 16.9 Å². The van der Waals surface area contributed by atoms with Gasteiger partial charge in [-0.05, 0) is 52.9 Å². The summed E-state index contributed by atoms with van der Waals surface area (Å²) in [5.41, 5.74) is 0.977. The summed E-state index contributed by atoms with van der Waals surface area (Å²) in [6.07, 6.45) is 1.69. The number of carbonyl (C=O) groups is 1. The largest absolute Gasteiger partial charge is 0.496 e. The van der Waals surface area contributed by atoms with Gasteiger partial charge in [0.1, 0.15) is 11.4 Å². The molecular formula is C19H15BrN6O3. The highest BCUT2D eigenvalue weighted by molar-refractivity contribution is 9.10. The fourth-order valence-corrected chi connectivity index (χ4v) is 3.13. The van der Waals surface area contributed by atoms with Gasteiger partial charge in [0.05, 0.1) is 24.0 Å². The number of benzene rings is 2. The van der Waals surface area contributed by atoms with Gasteiger partial charge in [-0.3, -0.25) is 4.79 Å². The minimum atomic E-state index is -0.479. The van der Waals surface area contributed by atoms with Crippen LogP contribution >= 0.6 is 15.9 Å². The first-order valence-corrected chi connectivity index (χ1v) is 9.31. The second-order valence-electron chi connectivity index (χ2n) is 6.10. The Balaban J connectivity index is 1.81. The number of halogens is 1. The van der Waals surface area contributed by atoms with E-state index >= 15 is 0 Å². The fraction of sp³-hybridized carbons (Fsp3) is 0.105. The second-order valence-corrected chi connectivity index (χ2v) is 7.02. The molecule has 29 heavy (non-hydrogen) atoms. The zero-order valence-electron chi connectivity index (χ0n) is 15.5. The lowest BCUT2D eigenvalue weighted by Gasteiger charge is -2.11. The average Bonchev–Trinajstić information content (AvgIpc) is 3.35. The molecule has 146 valence electrons. The number of carbonyl (C=O) groups excluding carboxylic acids is 1. The molecule has 0 amide bonds. The molecule has 0 N–H and O–H groups in total. The van der Waals surface area contributed by atoms with Gasteiger partial charge in [0.25, 0.3) is 0 Å². The molecule has 0 aliphatic rings. The van der Waals surface area contributed by atoms with Crippen LogP contribution in [0.4, 0.5) is 0 Å². The first kappa shape index (κ1) is 18.8. The Morgan fingerprint density at radius 2 is 1.83 bits per heavy atom. The van der Waals surface area contributed by atoms with Gasteiger partial charge in [0, 0.05) is 17.7 Å². The number of aryl methyl sites for hydroxylation is 1. The van der Waals surface area contributed by atoms with Crippen molar-refractivity contribution in [1.29, 1.82) is 0 Å². The van der Waals surface area contributed by atoms with Crippen molar-refractivity contribution >= 4 is 21.7 Å². The Kier molecular flexibility index (Phi) is 4.85. The number of hydrogen-bond acceptors (Lipinski definition) is 6. The Hall–Kier alpha value is -3.53. The van der Waals surface area contributed by atoms with E-state index in [2.05, 4.69) is 31.5 Å². The SMILES string of the molecule is COc1cccc(-n2nnn(C)c2=O)c1C(=O)c1ccn(-c2ccc(Br)cc2)n1. The molecule has 2 aromatic carbocycles. The van der Waals surface area contributed by atoms with Crippen LogP contribution in [0.25, 0.3) is 11.4 Å². The number of nitrogens with zero attached hydrogens (tertiary/aromatic N) is 6. The molecule has 0 fully saturated rings. The predicted molar refractivity (Wildman–Crippen MR) is 108 cm³/mol. The molecule has 4 rings (SSSR count). The number of hydrogen-bond donors (Lipinski definition) is 0. The van der Waals surface area contributed by atoms with Crippen LogP contribution in [0, 0.1) is 0 Å². The van der Waals surface area contributed by atoms with E-state index in [1.54, 1.807) is 35.1 Å². The van der Waals surface area contributed by atoms with Crippen LogP contribution in [0.2, 0.25) is 0 Å². The quantitative estimate of drug-likeness (QED) is 0.428. The van der Waals surface area contributed by atoms with Crippen molar-refractivity contribution in [2.24, 2.45) is 7.05 Å². The lowest BCUT2D eigenvalue weighted by Crippen LogP contribution is -2.24. The van der Waals surface area contributed by atoms with E-state index in [1.165, 1.54) is 14.2 Å². The molecule has 4 aromatic rings. The van der Waals surface area contributed by atoms with Gasteiger partial charge in [-0.1, -0.05) is 22.0 Å². The van der Waals surface area contributed by atoms with Gasteiger partial charge in [-0.25, -0.2) is 9.48 Å². The third-order valence-corrected chi connectivity index (χ3v) is 4.84. The van der Waals surface area contributed by atoms with Gasteiger partial charge in [0.2, 0.25) is 5.78 Å². The van der Waals surface area contributed by atoms with Gasteiger partial charge in [0.15, 0.2) is 0 Å². The minimum absolute atomic E-state index is 0.179. The Labute approximate surface area is 173 Å². The fourth-order valence-electron chi connectivity index (χ4n) is 2.87. The van der Waals surface area contributed by atoms with Crippen LogP contribution in [0.1, 0.15) is 16.1 Å². The van der Waals surface area contributed by atoms with E-state index < -0.39 is 11.5 Å². The van der Waals surface area contributed by atoms with Crippen molar-refractivity contribution in [3.63, 3.8) is 0 Å². The van der Waals surface area contributed by atoms with Crippen molar-refractivity contribution in [3.8, 4) is 17.1 Å². The lowest BCUT2D eigenvalue weighted by atomic mass is 10.0. The second kappa shape index (κ2) is 7.47. The number of ether oxygens (including phenoxy) is 1. The number of ketones is 1. The van der Waals surface area contributed by atoms with E-state index in [0.717, 1.165) is 19.5 Å². The van der Waals surface area contributed by atoms with Crippen LogP contribution in [-0.4, -0.2) is 42.5 Å². The minimum Gasteiger partial charge on any atom is -0.496 e. The smallest absolute Gasteiger partial charge is 0.368 e. The molecule has 0 saturated heterocycles. The molecule has 0 radical (unpaired) electrons. The van der Waals surface area contributed by atoms with Crippen molar-refractivity contribution in [2.75, 3.05) is 7.11 Å². The number of methoxy groups -OCH3 is 1. The lowest BCUT2D eigenvalue weighted by molar-refractivity contribution is 0.103. The highest BCUT2D eigenvalue weighted by Crippen LogP contribution is 2.27.